The van der Waals surface area contributed by atoms with E-state index in [0.29, 0.717) is 13.2 Å². The van der Waals surface area contributed by atoms with Crippen LogP contribution in [0.1, 0.15) is 38.5 Å². The summed E-state index contributed by atoms with van der Waals surface area (Å²) in [5.74, 6) is 0.106. The lowest BCUT2D eigenvalue weighted by Gasteiger charge is -2.42. The van der Waals surface area contributed by atoms with Crippen molar-refractivity contribution >= 4 is 0 Å². The molecule has 2 atom stereocenters. The minimum absolute atomic E-state index is 0.106. The van der Waals surface area contributed by atoms with Crippen LogP contribution in [0.25, 0.3) is 0 Å². The van der Waals surface area contributed by atoms with Crippen LogP contribution in [0.2, 0.25) is 0 Å². The second kappa shape index (κ2) is 5.81. The first-order valence-corrected chi connectivity index (χ1v) is 6.66. The minimum atomic E-state index is -0.213. The summed E-state index contributed by atoms with van der Waals surface area (Å²) in [6, 6.07) is 2.66. The highest BCUT2D eigenvalue weighted by Crippen LogP contribution is 2.28. The molecule has 96 valence electrons. The van der Waals surface area contributed by atoms with Gasteiger partial charge in [0.25, 0.3) is 0 Å². The van der Waals surface area contributed by atoms with Crippen LogP contribution in [0, 0.1) is 17.2 Å². The van der Waals surface area contributed by atoms with Gasteiger partial charge in [0.1, 0.15) is 0 Å². The number of rotatable bonds is 3. The number of nitrogens with one attached hydrogen (secondary N) is 1. The van der Waals surface area contributed by atoms with Crippen molar-refractivity contribution in [1.29, 1.82) is 5.26 Å². The molecule has 1 saturated carbocycles. The highest BCUT2D eigenvalue weighted by molar-refractivity contribution is 5.00. The lowest BCUT2D eigenvalue weighted by atomic mass is 9.82. The summed E-state index contributed by atoms with van der Waals surface area (Å²) in [6.45, 7) is 1.56. The Bertz CT molecular complexity index is 282. The third-order valence-electron chi connectivity index (χ3n) is 4.18. The van der Waals surface area contributed by atoms with E-state index in [1.807, 2.05) is 0 Å². The quantitative estimate of drug-likeness (QED) is 0.775. The molecule has 0 aromatic carbocycles. The van der Waals surface area contributed by atoms with Gasteiger partial charge in [-0.15, -0.1) is 0 Å². The SMILES string of the molecule is N#CC1CCCCC1NC1(CO)CCOCC1. The maximum Gasteiger partial charge on any atom is 0.0672 e. The lowest BCUT2D eigenvalue weighted by molar-refractivity contribution is 0.00197. The summed E-state index contributed by atoms with van der Waals surface area (Å²) in [6.07, 6.45) is 6.09. The van der Waals surface area contributed by atoms with Crippen molar-refractivity contribution in [3.8, 4) is 6.07 Å². The van der Waals surface area contributed by atoms with E-state index in [4.69, 9.17) is 4.74 Å². The molecular weight excluding hydrogens is 216 g/mol. The highest BCUT2D eigenvalue weighted by atomic mass is 16.5. The Kier molecular flexibility index (Phi) is 4.38. The van der Waals surface area contributed by atoms with Crippen LogP contribution in [0.3, 0.4) is 0 Å². The average Bonchev–Trinajstić information content (AvgIpc) is 2.40. The number of aliphatic hydroxyl groups is 1. The van der Waals surface area contributed by atoms with Crippen LogP contribution in [0.15, 0.2) is 0 Å². The first-order valence-electron chi connectivity index (χ1n) is 6.66. The molecule has 2 aliphatic rings. The van der Waals surface area contributed by atoms with Crippen molar-refractivity contribution in [3.63, 3.8) is 0 Å². The molecule has 0 radical (unpaired) electrons. The first-order chi connectivity index (χ1) is 8.29. The molecule has 0 aromatic heterocycles. The van der Waals surface area contributed by atoms with Gasteiger partial charge in [0.15, 0.2) is 0 Å². The van der Waals surface area contributed by atoms with Crippen LogP contribution in [0.5, 0.6) is 0 Å². The highest BCUT2D eigenvalue weighted by Gasteiger charge is 2.36. The van der Waals surface area contributed by atoms with E-state index in [2.05, 4.69) is 11.4 Å². The van der Waals surface area contributed by atoms with Gasteiger partial charge in [0, 0.05) is 24.8 Å². The zero-order chi connectivity index (χ0) is 12.1. The normalized spacial score (nSPS) is 32.9. The summed E-state index contributed by atoms with van der Waals surface area (Å²) in [7, 11) is 0. The van der Waals surface area contributed by atoms with Gasteiger partial charge >= 0.3 is 0 Å². The maximum atomic E-state index is 9.63. The molecule has 17 heavy (non-hydrogen) atoms. The molecule has 0 spiro atoms. The van der Waals surface area contributed by atoms with Crippen LogP contribution >= 0.6 is 0 Å². The van der Waals surface area contributed by atoms with Crippen LogP contribution in [0.4, 0.5) is 0 Å². The fraction of sp³-hybridized carbons (Fsp3) is 0.923. The lowest BCUT2D eigenvalue weighted by Crippen LogP contribution is -2.58. The van der Waals surface area contributed by atoms with E-state index >= 15 is 0 Å². The van der Waals surface area contributed by atoms with Gasteiger partial charge in [-0.3, -0.25) is 0 Å². The number of aliphatic hydroxyl groups excluding tert-OH is 1. The molecule has 0 bridgehead atoms. The Balaban J connectivity index is 1.99. The predicted octanol–water partition coefficient (Wildman–Crippen LogP) is 1.20. The fourth-order valence-corrected chi connectivity index (χ4v) is 2.96. The van der Waals surface area contributed by atoms with Gasteiger partial charge < -0.3 is 15.2 Å². The van der Waals surface area contributed by atoms with Crippen molar-refractivity contribution in [2.45, 2.75) is 50.1 Å². The third kappa shape index (κ3) is 2.98. The molecule has 2 N–H and O–H groups in total. The van der Waals surface area contributed by atoms with Gasteiger partial charge in [-0.1, -0.05) is 12.8 Å². The fourth-order valence-electron chi connectivity index (χ4n) is 2.96. The summed E-state index contributed by atoms with van der Waals surface area (Å²) in [5.41, 5.74) is -0.213. The Morgan fingerprint density at radius 3 is 2.65 bits per heavy atom. The molecule has 1 saturated heterocycles. The van der Waals surface area contributed by atoms with Crippen molar-refractivity contribution in [1.82, 2.24) is 5.32 Å². The maximum absolute atomic E-state index is 9.63. The molecule has 2 fully saturated rings. The molecule has 2 rings (SSSR count). The second-order valence-corrected chi connectivity index (χ2v) is 5.32. The van der Waals surface area contributed by atoms with Crippen molar-refractivity contribution in [3.05, 3.63) is 0 Å². The molecule has 0 amide bonds. The zero-order valence-corrected chi connectivity index (χ0v) is 10.3. The Morgan fingerprint density at radius 2 is 2.00 bits per heavy atom. The van der Waals surface area contributed by atoms with E-state index in [1.54, 1.807) is 0 Å². The largest absolute Gasteiger partial charge is 0.394 e. The van der Waals surface area contributed by atoms with E-state index in [1.165, 1.54) is 6.42 Å². The molecule has 1 aliphatic heterocycles. The number of ether oxygens (including phenoxy) is 1. The summed E-state index contributed by atoms with van der Waals surface area (Å²) < 4.78 is 5.35. The Hall–Kier alpha value is -0.630. The van der Waals surface area contributed by atoms with E-state index in [-0.39, 0.29) is 24.1 Å². The molecular formula is C13H22N2O2. The molecule has 1 heterocycles. The topological polar surface area (TPSA) is 65.3 Å². The first kappa shape index (κ1) is 12.8. The predicted molar refractivity (Wildman–Crippen MR) is 64.4 cm³/mol. The smallest absolute Gasteiger partial charge is 0.0672 e. The van der Waals surface area contributed by atoms with Gasteiger partial charge in [-0.05, 0) is 25.7 Å². The Morgan fingerprint density at radius 1 is 1.29 bits per heavy atom. The number of hydrogen-bond acceptors (Lipinski definition) is 4. The van der Waals surface area contributed by atoms with Crippen molar-refractivity contribution < 1.29 is 9.84 Å². The number of nitrogens with zero attached hydrogens (tertiary/aromatic N) is 1. The molecule has 1 aliphatic carbocycles. The Labute approximate surface area is 103 Å². The monoisotopic (exact) mass is 238 g/mol. The molecule has 4 heteroatoms. The van der Waals surface area contributed by atoms with Crippen LogP contribution in [-0.4, -0.2) is 36.5 Å². The minimum Gasteiger partial charge on any atom is -0.394 e. The van der Waals surface area contributed by atoms with Gasteiger partial charge in [0.2, 0.25) is 0 Å². The third-order valence-corrected chi connectivity index (χ3v) is 4.18. The number of nitriles is 1. The summed E-state index contributed by atoms with van der Waals surface area (Å²) in [4.78, 5) is 0. The second-order valence-electron chi connectivity index (χ2n) is 5.32. The average molecular weight is 238 g/mol. The van der Waals surface area contributed by atoms with Crippen LogP contribution in [-0.2, 0) is 4.74 Å². The van der Waals surface area contributed by atoms with E-state index in [0.717, 1.165) is 32.1 Å². The summed E-state index contributed by atoms with van der Waals surface area (Å²) >= 11 is 0. The molecule has 0 aromatic rings. The van der Waals surface area contributed by atoms with Crippen molar-refractivity contribution in [2.75, 3.05) is 19.8 Å². The molecule has 4 nitrogen and oxygen atoms in total. The van der Waals surface area contributed by atoms with Gasteiger partial charge in [-0.25, -0.2) is 0 Å². The van der Waals surface area contributed by atoms with E-state index in [9.17, 15) is 10.4 Å². The summed E-state index contributed by atoms with van der Waals surface area (Å²) in [5, 5.41) is 22.4. The standard InChI is InChI=1S/C13H22N2O2/c14-9-11-3-1-2-4-12(11)15-13(10-16)5-7-17-8-6-13/h11-12,15-16H,1-8,10H2. The number of hydrogen-bond donors (Lipinski definition) is 2. The van der Waals surface area contributed by atoms with Crippen molar-refractivity contribution in [2.24, 2.45) is 5.92 Å². The van der Waals surface area contributed by atoms with Crippen LogP contribution < -0.4 is 5.32 Å². The van der Waals surface area contributed by atoms with E-state index < -0.39 is 0 Å². The molecule has 2 unspecified atom stereocenters. The zero-order valence-electron chi connectivity index (χ0n) is 10.3. The van der Waals surface area contributed by atoms with Gasteiger partial charge in [0.05, 0.1) is 18.6 Å². The van der Waals surface area contributed by atoms with Gasteiger partial charge in [-0.2, -0.15) is 5.26 Å².